The number of rotatable bonds is 5. The van der Waals surface area contributed by atoms with Crippen molar-refractivity contribution >= 4 is 5.97 Å². The van der Waals surface area contributed by atoms with E-state index < -0.39 is 0 Å². The molecule has 0 heterocycles. The molecule has 1 atom stereocenters. The van der Waals surface area contributed by atoms with Crippen LogP contribution in [0.25, 0.3) is 0 Å². The van der Waals surface area contributed by atoms with Crippen LogP contribution in [0.15, 0.2) is 43.0 Å². The van der Waals surface area contributed by atoms with Crippen molar-refractivity contribution in [1.29, 1.82) is 0 Å². The maximum absolute atomic E-state index is 11.3. The van der Waals surface area contributed by atoms with Gasteiger partial charge in [-0.3, -0.25) is 4.79 Å². The fourth-order valence-electron chi connectivity index (χ4n) is 1.30. The summed E-state index contributed by atoms with van der Waals surface area (Å²) in [6.07, 6.45) is 2.57. The molecule has 0 spiro atoms. The van der Waals surface area contributed by atoms with Gasteiger partial charge in [0.25, 0.3) is 0 Å². The average molecular weight is 204 g/mol. The summed E-state index contributed by atoms with van der Waals surface area (Å²) in [7, 11) is 0. The van der Waals surface area contributed by atoms with E-state index in [4.69, 9.17) is 4.74 Å². The second kappa shape index (κ2) is 6.02. The summed E-state index contributed by atoms with van der Waals surface area (Å²) in [5, 5.41) is 0. The first-order chi connectivity index (χ1) is 7.27. The molecule has 0 unspecified atom stereocenters. The van der Waals surface area contributed by atoms with E-state index in [1.165, 1.54) is 0 Å². The molecule has 0 radical (unpaired) electrons. The molecule has 1 rings (SSSR count). The van der Waals surface area contributed by atoms with E-state index in [2.05, 4.69) is 6.58 Å². The number of hydrogen-bond donors (Lipinski definition) is 0. The number of carbonyl (C=O) groups is 1. The molecular formula is C13H16O2. The Bertz CT molecular complexity index is 317. The zero-order valence-electron chi connectivity index (χ0n) is 8.98. The molecule has 15 heavy (non-hydrogen) atoms. The molecule has 0 aromatic heterocycles. The lowest BCUT2D eigenvalue weighted by atomic mass is 10.1. The average Bonchev–Trinajstić information content (AvgIpc) is 2.27. The predicted octanol–water partition coefficient (Wildman–Crippen LogP) is 3.26. The highest BCUT2D eigenvalue weighted by Crippen LogP contribution is 2.18. The minimum Gasteiger partial charge on any atom is -0.453 e. The second-order valence-corrected chi connectivity index (χ2v) is 3.31. The van der Waals surface area contributed by atoms with Gasteiger partial charge in [-0.15, -0.1) is 0 Å². The largest absolute Gasteiger partial charge is 0.453 e. The van der Waals surface area contributed by atoms with Gasteiger partial charge < -0.3 is 4.74 Å². The van der Waals surface area contributed by atoms with Gasteiger partial charge in [-0.25, -0.2) is 0 Å². The van der Waals surface area contributed by atoms with Crippen LogP contribution >= 0.6 is 0 Å². The lowest BCUT2D eigenvalue weighted by Gasteiger charge is -2.13. The van der Waals surface area contributed by atoms with Gasteiger partial charge in [0.15, 0.2) is 0 Å². The van der Waals surface area contributed by atoms with Crippen LogP contribution < -0.4 is 0 Å². The normalized spacial score (nSPS) is 11.8. The third kappa shape index (κ3) is 3.58. The third-order valence-electron chi connectivity index (χ3n) is 2.05. The van der Waals surface area contributed by atoms with Crippen LogP contribution in [0.2, 0.25) is 0 Å². The first kappa shape index (κ1) is 11.5. The topological polar surface area (TPSA) is 26.3 Å². The van der Waals surface area contributed by atoms with Gasteiger partial charge in [-0.05, 0) is 18.1 Å². The van der Waals surface area contributed by atoms with Gasteiger partial charge in [0, 0.05) is 6.42 Å². The number of benzene rings is 1. The number of ether oxygens (including phenoxy) is 1. The highest BCUT2D eigenvalue weighted by Gasteiger charge is 2.11. The Hall–Kier alpha value is -1.57. The van der Waals surface area contributed by atoms with Crippen LogP contribution in [-0.4, -0.2) is 5.97 Å². The van der Waals surface area contributed by atoms with Crippen LogP contribution in [0.5, 0.6) is 0 Å². The summed E-state index contributed by atoms with van der Waals surface area (Å²) in [5.41, 5.74) is 0.956. The molecular weight excluding hydrogens is 188 g/mol. The minimum absolute atomic E-state index is 0.175. The van der Waals surface area contributed by atoms with Crippen molar-refractivity contribution in [1.82, 2.24) is 0 Å². The molecule has 0 aliphatic heterocycles. The molecule has 1 aromatic carbocycles. The molecule has 0 saturated carbocycles. The molecule has 80 valence electrons. The fraction of sp³-hybridized carbons (Fsp3) is 0.308. The van der Waals surface area contributed by atoms with Crippen LogP contribution in [0, 0.1) is 0 Å². The standard InChI is InChI=1S/C13H16O2/c1-3-8-13(14)15-12(4-2)11-9-6-5-7-10-11/h4-7,9-10,12H,2-3,8H2,1H3/t12-/m1/s1. The summed E-state index contributed by atoms with van der Waals surface area (Å²) in [4.78, 5) is 11.3. The third-order valence-corrected chi connectivity index (χ3v) is 2.05. The van der Waals surface area contributed by atoms with Crippen LogP contribution in [-0.2, 0) is 9.53 Å². The molecule has 0 aliphatic rings. The van der Waals surface area contributed by atoms with Crippen LogP contribution in [0.4, 0.5) is 0 Å². The van der Waals surface area contributed by atoms with Crippen molar-refractivity contribution in [3.63, 3.8) is 0 Å². The summed E-state index contributed by atoms with van der Waals surface area (Å²) in [6, 6.07) is 9.60. The van der Waals surface area contributed by atoms with E-state index in [-0.39, 0.29) is 12.1 Å². The zero-order chi connectivity index (χ0) is 11.1. The van der Waals surface area contributed by atoms with Crippen molar-refractivity contribution in [2.75, 3.05) is 0 Å². The maximum Gasteiger partial charge on any atom is 0.306 e. The van der Waals surface area contributed by atoms with Crippen LogP contribution in [0.3, 0.4) is 0 Å². The van der Waals surface area contributed by atoms with Crippen molar-refractivity contribution in [3.05, 3.63) is 48.6 Å². The van der Waals surface area contributed by atoms with Crippen molar-refractivity contribution in [2.45, 2.75) is 25.9 Å². The second-order valence-electron chi connectivity index (χ2n) is 3.31. The Balaban J connectivity index is 2.65. The molecule has 0 N–H and O–H groups in total. The lowest BCUT2D eigenvalue weighted by molar-refractivity contribution is -0.147. The first-order valence-electron chi connectivity index (χ1n) is 5.15. The highest BCUT2D eigenvalue weighted by atomic mass is 16.5. The summed E-state index contributed by atoms with van der Waals surface area (Å²) >= 11 is 0. The Kier molecular flexibility index (Phi) is 4.61. The van der Waals surface area contributed by atoms with Crippen molar-refractivity contribution < 1.29 is 9.53 Å². The molecule has 0 aliphatic carbocycles. The van der Waals surface area contributed by atoms with Gasteiger partial charge in [-0.1, -0.05) is 43.8 Å². The summed E-state index contributed by atoms with van der Waals surface area (Å²) in [5.74, 6) is -0.175. The Morgan fingerprint density at radius 1 is 1.47 bits per heavy atom. The Morgan fingerprint density at radius 2 is 2.13 bits per heavy atom. The molecule has 0 fully saturated rings. The van der Waals surface area contributed by atoms with E-state index in [0.717, 1.165) is 12.0 Å². The maximum atomic E-state index is 11.3. The molecule has 2 heteroatoms. The molecule has 1 aromatic rings. The van der Waals surface area contributed by atoms with Gasteiger partial charge in [-0.2, -0.15) is 0 Å². The molecule has 0 amide bonds. The number of esters is 1. The van der Waals surface area contributed by atoms with Gasteiger partial charge in [0.05, 0.1) is 0 Å². The van der Waals surface area contributed by atoms with E-state index in [0.29, 0.717) is 6.42 Å². The predicted molar refractivity (Wildman–Crippen MR) is 60.4 cm³/mol. The van der Waals surface area contributed by atoms with E-state index in [1.807, 2.05) is 37.3 Å². The van der Waals surface area contributed by atoms with Crippen LogP contribution in [0.1, 0.15) is 31.4 Å². The van der Waals surface area contributed by atoms with Gasteiger partial charge in [0.2, 0.25) is 0 Å². The minimum atomic E-state index is -0.328. The summed E-state index contributed by atoms with van der Waals surface area (Å²) in [6.45, 7) is 5.62. The molecule has 2 nitrogen and oxygen atoms in total. The Morgan fingerprint density at radius 3 is 2.67 bits per heavy atom. The molecule has 0 saturated heterocycles. The van der Waals surface area contributed by atoms with Gasteiger partial charge in [0.1, 0.15) is 6.10 Å². The van der Waals surface area contributed by atoms with Crippen molar-refractivity contribution in [3.8, 4) is 0 Å². The Labute approximate surface area is 90.6 Å². The van der Waals surface area contributed by atoms with Gasteiger partial charge >= 0.3 is 5.97 Å². The SMILES string of the molecule is C=C[C@@H](OC(=O)CCC)c1ccccc1. The number of carbonyl (C=O) groups excluding carboxylic acids is 1. The fourth-order valence-corrected chi connectivity index (χ4v) is 1.30. The van der Waals surface area contributed by atoms with E-state index >= 15 is 0 Å². The van der Waals surface area contributed by atoms with E-state index in [9.17, 15) is 4.79 Å². The molecule has 0 bridgehead atoms. The monoisotopic (exact) mass is 204 g/mol. The number of hydrogen-bond acceptors (Lipinski definition) is 2. The quantitative estimate of drug-likeness (QED) is 0.543. The zero-order valence-corrected chi connectivity index (χ0v) is 8.98. The lowest BCUT2D eigenvalue weighted by Crippen LogP contribution is -2.08. The summed E-state index contributed by atoms with van der Waals surface area (Å²) < 4.78 is 5.27. The smallest absolute Gasteiger partial charge is 0.306 e. The first-order valence-corrected chi connectivity index (χ1v) is 5.15. The highest BCUT2D eigenvalue weighted by molar-refractivity contribution is 5.69. The van der Waals surface area contributed by atoms with Crippen molar-refractivity contribution in [2.24, 2.45) is 0 Å². The van der Waals surface area contributed by atoms with E-state index in [1.54, 1.807) is 6.08 Å².